The molecule has 138 valence electrons. The molecule has 1 fully saturated rings. The zero-order chi connectivity index (χ0) is 18.8. The van der Waals surface area contributed by atoms with Crippen LogP contribution >= 0.6 is 55.1 Å². The van der Waals surface area contributed by atoms with Gasteiger partial charge in [0.1, 0.15) is 0 Å². The highest BCUT2D eigenvalue weighted by molar-refractivity contribution is 9.12. The summed E-state index contributed by atoms with van der Waals surface area (Å²) in [6, 6.07) is 13.3. The first kappa shape index (κ1) is 20.1. The Kier molecular flexibility index (Phi) is 6.61. The third kappa shape index (κ3) is 3.94. The van der Waals surface area contributed by atoms with Crippen molar-refractivity contribution < 1.29 is 14.7 Å². The highest BCUT2D eigenvalue weighted by Crippen LogP contribution is 2.41. The zero-order valence-electron chi connectivity index (χ0n) is 13.2. The molecule has 0 amide bonds. The number of alkyl halides is 2. The lowest BCUT2D eigenvalue weighted by atomic mass is 10.0. The molecule has 0 radical (unpaired) electrons. The number of aliphatic hydroxyl groups excluding tert-OH is 1. The van der Waals surface area contributed by atoms with E-state index in [-0.39, 0.29) is 5.78 Å². The number of nitrogens with one attached hydrogen (secondary N) is 1. The van der Waals surface area contributed by atoms with Gasteiger partial charge in [-0.15, -0.1) is 5.59 Å². The molecule has 5 nitrogen and oxygen atoms in total. The molecule has 1 heterocycles. The molecule has 2 aromatic rings. The highest BCUT2D eigenvalue weighted by atomic mass is 79.9. The molecular weight excluding hydrogens is 511 g/mol. The maximum absolute atomic E-state index is 13.1. The number of halogens is 4. The molecule has 4 atom stereocenters. The number of hydrogen-bond donors (Lipinski definition) is 2. The summed E-state index contributed by atoms with van der Waals surface area (Å²) in [6.07, 6.45) is -1.33. The van der Waals surface area contributed by atoms with Crippen LogP contribution in [0.5, 0.6) is 0 Å². The van der Waals surface area contributed by atoms with Gasteiger partial charge in [-0.25, -0.2) is 4.84 Å². The van der Waals surface area contributed by atoms with Gasteiger partial charge in [0.2, 0.25) is 6.29 Å². The zero-order valence-corrected chi connectivity index (χ0v) is 17.8. The summed E-state index contributed by atoms with van der Waals surface area (Å²) in [5.74, 6) is -0.302. The number of nitrogens with zero attached hydrogens (tertiary/aromatic N) is 1. The highest BCUT2D eigenvalue weighted by Gasteiger charge is 2.44. The molecular formula is C17H14Br2Cl2N2O3. The van der Waals surface area contributed by atoms with Crippen LogP contribution in [0.25, 0.3) is 0 Å². The fraction of sp³-hybridized carbons (Fsp3) is 0.235. The van der Waals surface area contributed by atoms with Crippen molar-refractivity contribution in [3.05, 3.63) is 64.1 Å². The number of hydrazine groups is 1. The Morgan fingerprint density at radius 2 is 1.73 bits per heavy atom. The Bertz CT molecular complexity index is 777. The summed E-state index contributed by atoms with van der Waals surface area (Å²) in [5.41, 5.74) is 3.86. The van der Waals surface area contributed by atoms with E-state index in [1.807, 2.05) is 18.2 Å². The molecule has 26 heavy (non-hydrogen) atoms. The number of para-hydroxylation sites is 1. The smallest absolute Gasteiger partial charge is 0.206 e. The van der Waals surface area contributed by atoms with Gasteiger partial charge in [0.05, 0.1) is 15.3 Å². The van der Waals surface area contributed by atoms with Gasteiger partial charge in [-0.3, -0.25) is 9.80 Å². The molecule has 0 spiro atoms. The first-order chi connectivity index (χ1) is 12.4. The predicted octanol–water partition coefficient (Wildman–Crippen LogP) is 4.41. The van der Waals surface area contributed by atoms with Crippen LogP contribution < -0.4 is 10.6 Å². The SMILES string of the molecule is O=C(C(Br)C(Br)c1c(Cl)cccc1Cl)C1C(O)ONN1c1ccccc1. The number of aliphatic hydroxyl groups is 1. The van der Waals surface area contributed by atoms with E-state index in [2.05, 4.69) is 37.4 Å². The number of ketones is 1. The molecule has 1 aliphatic rings. The quantitative estimate of drug-likeness (QED) is 0.568. The van der Waals surface area contributed by atoms with Crippen molar-refractivity contribution in [2.75, 3.05) is 5.01 Å². The van der Waals surface area contributed by atoms with E-state index >= 15 is 0 Å². The van der Waals surface area contributed by atoms with Crippen molar-refractivity contribution in [3.8, 4) is 0 Å². The average molecular weight is 525 g/mol. The van der Waals surface area contributed by atoms with E-state index in [4.69, 9.17) is 28.0 Å². The minimum atomic E-state index is -1.33. The summed E-state index contributed by atoms with van der Waals surface area (Å²) < 4.78 is 0. The summed E-state index contributed by atoms with van der Waals surface area (Å²) >= 11 is 19.4. The second kappa shape index (κ2) is 8.56. The molecule has 0 saturated carbocycles. The summed E-state index contributed by atoms with van der Waals surface area (Å²) in [5, 5.41) is 12.5. The molecule has 4 unspecified atom stereocenters. The topological polar surface area (TPSA) is 61.8 Å². The van der Waals surface area contributed by atoms with Crippen molar-refractivity contribution in [2.45, 2.75) is 22.0 Å². The van der Waals surface area contributed by atoms with E-state index in [1.54, 1.807) is 30.3 Å². The second-order valence-electron chi connectivity index (χ2n) is 5.59. The summed E-state index contributed by atoms with van der Waals surface area (Å²) in [4.78, 5) is 16.9. The van der Waals surface area contributed by atoms with Gasteiger partial charge in [-0.2, -0.15) is 0 Å². The van der Waals surface area contributed by atoms with Crippen molar-refractivity contribution in [1.82, 2.24) is 5.59 Å². The lowest BCUT2D eigenvalue weighted by molar-refractivity contribution is -0.133. The third-order valence-corrected chi connectivity index (χ3v) is 7.29. The van der Waals surface area contributed by atoms with Crippen LogP contribution in [-0.4, -0.2) is 28.0 Å². The van der Waals surface area contributed by atoms with Crippen LogP contribution in [0.15, 0.2) is 48.5 Å². The number of carbonyl (C=O) groups excluding carboxylic acids is 1. The lowest BCUT2D eigenvalue weighted by Crippen LogP contribution is -2.48. The minimum Gasteiger partial charge on any atom is -0.364 e. The Hall–Kier alpha value is -0.670. The van der Waals surface area contributed by atoms with Crippen LogP contribution in [0.2, 0.25) is 10.0 Å². The molecule has 0 bridgehead atoms. The first-order valence-electron chi connectivity index (χ1n) is 7.61. The molecule has 1 saturated heterocycles. The predicted molar refractivity (Wildman–Crippen MR) is 109 cm³/mol. The Morgan fingerprint density at radius 1 is 1.12 bits per heavy atom. The van der Waals surface area contributed by atoms with Gasteiger partial charge >= 0.3 is 0 Å². The fourth-order valence-corrected chi connectivity index (χ4v) is 4.84. The van der Waals surface area contributed by atoms with Gasteiger partial charge in [0.25, 0.3) is 0 Å². The molecule has 0 aliphatic carbocycles. The van der Waals surface area contributed by atoms with Crippen molar-refractivity contribution in [3.63, 3.8) is 0 Å². The van der Waals surface area contributed by atoms with E-state index < -0.39 is 22.0 Å². The fourth-order valence-electron chi connectivity index (χ4n) is 2.66. The molecule has 0 aromatic heterocycles. The van der Waals surface area contributed by atoms with E-state index in [9.17, 15) is 9.90 Å². The van der Waals surface area contributed by atoms with Gasteiger partial charge in [0.15, 0.2) is 11.8 Å². The number of benzene rings is 2. The number of rotatable bonds is 5. The number of anilines is 1. The molecule has 1 aliphatic heterocycles. The number of Topliss-reactive ketones (excluding diaryl/α,β-unsaturated/α-hetero) is 1. The minimum absolute atomic E-state index is 0.302. The van der Waals surface area contributed by atoms with E-state index in [0.29, 0.717) is 21.3 Å². The molecule has 3 rings (SSSR count). The standard InChI is InChI=1S/C17H14Br2Cl2N2O3/c18-13(12-10(20)7-4-8-11(12)21)14(19)16(24)15-17(25)26-22-23(15)9-5-2-1-3-6-9/h1-8,13-15,17,22,25H. The maximum atomic E-state index is 13.1. The third-order valence-electron chi connectivity index (χ3n) is 3.95. The van der Waals surface area contributed by atoms with Crippen LogP contribution in [0.3, 0.4) is 0 Å². The summed E-state index contributed by atoms with van der Waals surface area (Å²) in [6.45, 7) is 0. The second-order valence-corrected chi connectivity index (χ2v) is 8.38. The molecule has 9 heteroatoms. The van der Waals surface area contributed by atoms with Crippen molar-refractivity contribution >= 4 is 66.5 Å². The van der Waals surface area contributed by atoms with Crippen LogP contribution in [0.1, 0.15) is 10.4 Å². The van der Waals surface area contributed by atoms with Crippen molar-refractivity contribution in [1.29, 1.82) is 0 Å². The normalized spacial score (nSPS) is 22.3. The van der Waals surface area contributed by atoms with Crippen LogP contribution in [0.4, 0.5) is 5.69 Å². The van der Waals surface area contributed by atoms with Gasteiger partial charge in [0, 0.05) is 15.6 Å². The first-order valence-corrected chi connectivity index (χ1v) is 10.2. The Labute approximate surface area is 177 Å². The summed E-state index contributed by atoms with van der Waals surface area (Å²) in [7, 11) is 0. The van der Waals surface area contributed by atoms with E-state index in [0.717, 1.165) is 0 Å². The van der Waals surface area contributed by atoms with Crippen molar-refractivity contribution in [2.24, 2.45) is 0 Å². The monoisotopic (exact) mass is 522 g/mol. The number of carbonyl (C=O) groups is 1. The van der Waals surface area contributed by atoms with Gasteiger partial charge in [-0.05, 0) is 24.3 Å². The van der Waals surface area contributed by atoms with E-state index in [1.165, 1.54) is 5.01 Å². The number of hydrogen-bond acceptors (Lipinski definition) is 5. The van der Waals surface area contributed by atoms with Gasteiger partial charge < -0.3 is 5.11 Å². The van der Waals surface area contributed by atoms with Gasteiger partial charge in [-0.1, -0.05) is 79.3 Å². The average Bonchev–Trinajstić information content (AvgIpc) is 3.02. The van der Waals surface area contributed by atoms with Crippen LogP contribution in [0, 0.1) is 0 Å². The maximum Gasteiger partial charge on any atom is 0.206 e. The molecule has 2 N–H and O–H groups in total. The lowest BCUT2D eigenvalue weighted by Gasteiger charge is -2.27. The Morgan fingerprint density at radius 3 is 2.35 bits per heavy atom. The Balaban J connectivity index is 1.87. The largest absolute Gasteiger partial charge is 0.364 e. The van der Waals surface area contributed by atoms with Crippen LogP contribution in [-0.2, 0) is 9.63 Å². The molecule has 2 aromatic carbocycles.